The van der Waals surface area contributed by atoms with Crippen LogP contribution in [0, 0.1) is 18.3 Å². The van der Waals surface area contributed by atoms with E-state index in [4.69, 9.17) is 26.8 Å². The SMILES string of the molecule is Cc1ccc(C2C(C#N)=C(N)Oc3cc(OC(=O)/C=C/c4ccc(Cl)cc4)ccc32)cc1. The smallest absolute Gasteiger partial charge is 0.336 e. The first kappa shape index (κ1) is 21.2. The van der Waals surface area contributed by atoms with Gasteiger partial charge in [-0.25, -0.2) is 4.79 Å². The normalized spacial score (nSPS) is 15.1. The van der Waals surface area contributed by atoms with Crippen LogP contribution in [0.25, 0.3) is 6.08 Å². The van der Waals surface area contributed by atoms with Crippen LogP contribution in [0.15, 0.2) is 84.3 Å². The largest absolute Gasteiger partial charge is 0.440 e. The summed E-state index contributed by atoms with van der Waals surface area (Å²) in [6.07, 6.45) is 2.97. The Kier molecular flexibility index (Phi) is 5.98. The molecular formula is C26H19ClN2O3. The molecule has 6 heteroatoms. The van der Waals surface area contributed by atoms with Crippen LogP contribution in [-0.2, 0) is 4.79 Å². The fraction of sp³-hybridized carbons (Fsp3) is 0.0769. The zero-order chi connectivity index (χ0) is 22.7. The van der Waals surface area contributed by atoms with Crippen molar-refractivity contribution < 1.29 is 14.3 Å². The zero-order valence-electron chi connectivity index (χ0n) is 17.2. The monoisotopic (exact) mass is 442 g/mol. The molecule has 1 unspecified atom stereocenters. The number of nitrogens with two attached hydrogens (primary N) is 1. The standard InChI is InChI=1S/C26H19ClN2O3/c1-16-2-7-18(8-3-16)25-21-12-11-20(14-23(21)32-26(29)22(25)15-28)31-24(30)13-6-17-4-9-19(27)10-5-17/h2-14,25H,29H2,1H3/b13-6+. The Balaban J connectivity index is 1.59. The predicted molar refractivity (Wildman–Crippen MR) is 123 cm³/mol. The lowest BCUT2D eigenvalue weighted by Crippen LogP contribution is -2.21. The second-order valence-corrected chi connectivity index (χ2v) is 7.78. The molecule has 3 aromatic rings. The maximum atomic E-state index is 12.2. The van der Waals surface area contributed by atoms with Gasteiger partial charge in [0.25, 0.3) is 0 Å². The van der Waals surface area contributed by atoms with Gasteiger partial charge in [-0.05, 0) is 42.3 Å². The first-order valence-electron chi connectivity index (χ1n) is 9.88. The molecule has 1 atom stereocenters. The highest BCUT2D eigenvalue weighted by atomic mass is 35.5. The number of rotatable bonds is 4. The predicted octanol–water partition coefficient (Wildman–Crippen LogP) is 5.49. The summed E-state index contributed by atoms with van der Waals surface area (Å²) in [4.78, 5) is 12.2. The number of carbonyl (C=O) groups is 1. The van der Waals surface area contributed by atoms with Gasteiger partial charge in [0.05, 0.1) is 5.92 Å². The number of hydrogen-bond donors (Lipinski definition) is 1. The Hall–Kier alpha value is -4.01. The van der Waals surface area contributed by atoms with Crippen LogP contribution >= 0.6 is 11.6 Å². The molecule has 0 fully saturated rings. The van der Waals surface area contributed by atoms with E-state index in [0.717, 1.165) is 22.3 Å². The summed E-state index contributed by atoms with van der Waals surface area (Å²) in [5.74, 6) is -0.105. The Morgan fingerprint density at radius 2 is 1.84 bits per heavy atom. The van der Waals surface area contributed by atoms with Crippen molar-refractivity contribution in [3.05, 3.63) is 112 Å². The third kappa shape index (κ3) is 4.51. The van der Waals surface area contributed by atoms with Gasteiger partial charge in [-0.15, -0.1) is 0 Å². The van der Waals surface area contributed by atoms with Gasteiger partial charge in [-0.3, -0.25) is 0 Å². The van der Waals surface area contributed by atoms with Gasteiger partial charge < -0.3 is 15.2 Å². The van der Waals surface area contributed by atoms with Crippen molar-refractivity contribution in [3.8, 4) is 17.6 Å². The summed E-state index contributed by atoms with van der Waals surface area (Å²) >= 11 is 5.87. The fourth-order valence-electron chi connectivity index (χ4n) is 3.49. The van der Waals surface area contributed by atoms with E-state index < -0.39 is 5.97 Å². The first-order valence-corrected chi connectivity index (χ1v) is 10.3. The van der Waals surface area contributed by atoms with Gasteiger partial charge in [0.1, 0.15) is 23.1 Å². The van der Waals surface area contributed by atoms with Crippen LogP contribution in [0.1, 0.15) is 28.2 Å². The molecular weight excluding hydrogens is 424 g/mol. The maximum absolute atomic E-state index is 12.2. The molecule has 0 spiro atoms. The average molecular weight is 443 g/mol. The zero-order valence-corrected chi connectivity index (χ0v) is 18.0. The molecule has 0 amide bonds. The topological polar surface area (TPSA) is 85.3 Å². The van der Waals surface area contributed by atoms with Crippen molar-refractivity contribution in [1.82, 2.24) is 0 Å². The number of nitrogens with zero attached hydrogens (tertiary/aromatic N) is 1. The number of allylic oxidation sites excluding steroid dienone is 1. The summed E-state index contributed by atoms with van der Waals surface area (Å²) in [6, 6.07) is 22.2. The fourth-order valence-corrected chi connectivity index (χ4v) is 3.62. The molecule has 158 valence electrons. The van der Waals surface area contributed by atoms with Gasteiger partial charge in [0, 0.05) is 22.7 Å². The molecule has 1 heterocycles. The minimum Gasteiger partial charge on any atom is -0.440 e. The molecule has 0 aliphatic carbocycles. The molecule has 0 aromatic heterocycles. The summed E-state index contributed by atoms with van der Waals surface area (Å²) in [7, 11) is 0. The van der Waals surface area contributed by atoms with Crippen molar-refractivity contribution in [3.63, 3.8) is 0 Å². The molecule has 3 aromatic carbocycles. The van der Waals surface area contributed by atoms with E-state index in [0.29, 0.717) is 22.1 Å². The van der Waals surface area contributed by atoms with Gasteiger partial charge in [-0.1, -0.05) is 59.6 Å². The summed E-state index contributed by atoms with van der Waals surface area (Å²) in [6.45, 7) is 2.00. The van der Waals surface area contributed by atoms with E-state index in [2.05, 4.69) is 6.07 Å². The van der Waals surface area contributed by atoms with Crippen molar-refractivity contribution in [2.45, 2.75) is 12.8 Å². The highest BCUT2D eigenvalue weighted by molar-refractivity contribution is 6.30. The van der Waals surface area contributed by atoms with E-state index in [1.807, 2.05) is 31.2 Å². The quantitative estimate of drug-likeness (QED) is 0.328. The summed E-state index contributed by atoms with van der Waals surface area (Å²) < 4.78 is 11.1. The van der Waals surface area contributed by atoms with Gasteiger partial charge in [0.2, 0.25) is 5.88 Å². The van der Waals surface area contributed by atoms with Crippen molar-refractivity contribution >= 4 is 23.6 Å². The molecule has 4 rings (SSSR count). The van der Waals surface area contributed by atoms with Crippen LogP contribution in [0.5, 0.6) is 11.5 Å². The molecule has 32 heavy (non-hydrogen) atoms. The van der Waals surface area contributed by atoms with Crippen LogP contribution in [-0.4, -0.2) is 5.97 Å². The highest BCUT2D eigenvalue weighted by Crippen LogP contribution is 2.43. The third-order valence-electron chi connectivity index (χ3n) is 5.10. The molecule has 0 bridgehead atoms. The maximum Gasteiger partial charge on any atom is 0.336 e. The number of esters is 1. The molecule has 0 radical (unpaired) electrons. The van der Waals surface area contributed by atoms with E-state index >= 15 is 0 Å². The summed E-state index contributed by atoms with van der Waals surface area (Å²) in [5, 5.41) is 10.3. The third-order valence-corrected chi connectivity index (χ3v) is 5.35. The molecule has 0 saturated carbocycles. The Bertz CT molecular complexity index is 1270. The molecule has 5 nitrogen and oxygen atoms in total. The van der Waals surface area contributed by atoms with Crippen LogP contribution in [0.2, 0.25) is 5.02 Å². The molecule has 1 aliphatic heterocycles. The minimum absolute atomic E-state index is 0.0386. The number of hydrogen-bond acceptors (Lipinski definition) is 5. The minimum atomic E-state index is -0.535. The van der Waals surface area contributed by atoms with Crippen LogP contribution in [0.3, 0.4) is 0 Å². The van der Waals surface area contributed by atoms with Crippen molar-refractivity contribution in [2.75, 3.05) is 0 Å². The lowest BCUT2D eigenvalue weighted by molar-refractivity contribution is -0.128. The Morgan fingerprint density at radius 1 is 1.12 bits per heavy atom. The van der Waals surface area contributed by atoms with E-state index in [1.54, 1.807) is 48.5 Å². The second kappa shape index (κ2) is 9.01. The van der Waals surface area contributed by atoms with E-state index in [1.165, 1.54) is 6.08 Å². The molecule has 1 aliphatic rings. The van der Waals surface area contributed by atoms with E-state index in [-0.39, 0.29) is 11.8 Å². The number of carbonyl (C=O) groups excluding carboxylic acids is 1. The van der Waals surface area contributed by atoms with Crippen molar-refractivity contribution in [1.29, 1.82) is 5.26 Å². The van der Waals surface area contributed by atoms with Crippen LogP contribution < -0.4 is 15.2 Å². The highest BCUT2D eigenvalue weighted by Gasteiger charge is 2.30. The lowest BCUT2D eigenvalue weighted by atomic mass is 9.83. The number of aryl methyl sites for hydroxylation is 1. The number of ether oxygens (including phenoxy) is 2. The summed E-state index contributed by atoms with van der Waals surface area (Å²) in [5.41, 5.74) is 10.0. The lowest BCUT2D eigenvalue weighted by Gasteiger charge is -2.26. The van der Waals surface area contributed by atoms with Gasteiger partial charge >= 0.3 is 5.97 Å². The number of halogens is 1. The average Bonchev–Trinajstić information content (AvgIpc) is 2.78. The van der Waals surface area contributed by atoms with Crippen molar-refractivity contribution in [2.24, 2.45) is 5.73 Å². The van der Waals surface area contributed by atoms with Gasteiger partial charge in [0.15, 0.2) is 0 Å². The molecule has 2 N–H and O–H groups in total. The second-order valence-electron chi connectivity index (χ2n) is 7.34. The number of benzene rings is 3. The van der Waals surface area contributed by atoms with Crippen LogP contribution in [0.4, 0.5) is 0 Å². The first-order chi connectivity index (χ1) is 15.4. The number of fused-ring (bicyclic) bond motifs is 1. The van der Waals surface area contributed by atoms with E-state index in [9.17, 15) is 10.1 Å². The Morgan fingerprint density at radius 3 is 2.53 bits per heavy atom. The number of nitriles is 1. The van der Waals surface area contributed by atoms with Gasteiger partial charge in [-0.2, -0.15) is 5.26 Å². The molecule has 0 saturated heterocycles. The Labute approximate surface area is 191 Å².